The standard InChI is InChI=1S/C20H26.H2O/c1-14-5-10-20-18(11-14)8-9-19(20)13-15-6-7-16-3-2-4-17(16)12-15;/h3,6-7,12,14,17,19H,2,4-5,8-11,13H2,1H3;1H2/t14-,17?,19?;/m1./s1. The van der Waals surface area contributed by atoms with E-state index >= 15 is 0 Å². The maximum absolute atomic E-state index is 2.57. The summed E-state index contributed by atoms with van der Waals surface area (Å²) in [5.41, 5.74) is 6.90. The van der Waals surface area contributed by atoms with E-state index < -0.39 is 0 Å². The first-order chi connectivity index (χ1) is 9.79. The fourth-order valence-electron chi connectivity index (χ4n) is 4.79. The highest BCUT2D eigenvalue weighted by Crippen LogP contribution is 2.46. The molecule has 0 saturated carbocycles. The zero-order valence-corrected chi connectivity index (χ0v) is 13.2. The predicted octanol–water partition coefficient (Wildman–Crippen LogP) is 4.91. The number of hydrogen-bond donors (Lipinski definition) is 0. The molecule has 4 rings (SSSR count). The second kappa shape index (κ2) is 5.96. The third-order valence-electron chi connectivity index (χ3n) is 5.92. The quantitative estimate of drug-likeness (QED) is 0.645. The zero-order chi connectivity index (χ0) is 13.5. The van der Waals surface area contributed by atoms with Crippen molar-refractivity contribution in [3.63, 3.8) is 0 Å². The minimum Gasteiger partial charge on any atom is -0.412 e. The van der Waals surface area contributed by atoms with Gasteiger partial charge < -0.3 is 5.48 Å². The van der Waals surface area contributed by atoms with Crippen molar-refractivity contribution in [1.29, 1.82) is 0 Å². The summed E-state index contributed by atoms with van der Waals surface area (Å²) in [6.07, 6.45) is 20.8. The Balaban J connectivity index is 0.00000132. The van der Waals surface area contributed by atoms with E-state index in [0.717, 1.165) is 17.8 Å². The van der Waals surface area contributed by atoms with E-state index in [0.29, 0.717) is 0 Å². The van der Waals surface area contributed by atoms with Gasteiger partial charge in [-0.15, -0.1) is 0 Å². The summed E-state index contributed by atoms with van der Waals surface area (Å²) in [5.74, 6) is 2.56. The highest BCUT2D eigenvalue weighted by Gasteiger charge is 2.30. The molecule has 0 aromatic carbocycles. The molecule has 1 nitrogen and oxygen atoms in total. The van der Waals surface area contributed by atoms with E-state index in [9.17, 15) is 0 Å². The number of fused-ring (bicyclic) bond motifs is 1. The Labute approximate surface area is 128 Å². The average Bonchev–Trinajstić information content (AvgIpc) is 3.05. The van der Waals surface area contributed by atoms with E-state index in [2.05, 4.69) is 31.2 Å². The van der Waals surface area contributed by atoms with Crippen LogP contribution in [-0.4, -0.2) is 5.48 Å². The lowest BCUT2D eigenvalue weighted by molar-refractivity contribution is 0.480. The van der Waals surface area contributed by atoms with E-state index in [4.69, 9.17) is 0 Å². The monoisotopic (exact) mass is 284 g/mol. The molecule has 3 atom stereocenters. The Morgan fingerprint density at radius 3 is 2.90 bits per heavy atom. The molecule has 0 amide bonds. The van der Waals surface area contributed by atoms with E-state index in [1.165, 1.54) is 51.4 Å². The summed E-state index contributed by atoms with van der Waals surface area (Å²) in [6, 6.07) is 0. The van der Waals surface area contributed by atoms with Crippen LogP contribution < -0.4 is 0 Å². The first kappa shape index (κ1) is 14.8. The molecule has 0 aromatic rings. The molecule has 2 unspecified atom stereocenters. The molecule has 21 heavy (non-hydrogen) atoms. The summed E-state index contributed by atoms with van der Waals surface area (Å²) in [4.78, 5) is 0. The molecule has 0 aliphatic heterocycles. The molecule has 0 aromatic heterocycles. The molecule has 0 fully saturated rings. The van der Waals surface area contributed by atoms with Gasteiger partial charge in [0.05, 0.1) is 0 Å². The van der Waals surface area contributed by atoms with E-state index in [1.807, 2.05) is 11.1 Å². The third-order valence-corrected chi connectivity index (χ3v) is 5.92. The fourth-order valence-corrected chi connectivity index (χ4v) is 4.79. The molecule has 4 aliphatic carbocycles. The Morgan fingerprint density at radius 1 is 1.10 bits per heavy atom. The van der Waals surface area contributed by atoms with Gasteiger partial charge >= 0.3 is 0 Å². The van der Waals surface area contributed by atoms with Crippen molar-refractivity contribution in [2.45, 2.75) is 58.3 Å². The van der Waals surface area contributed by atoms with Crippen molar-refractivity contribution in [3.05, 3.63) is 46.6 Å². The molecule has 4 aliphatic rings. The van der Waals surface area contributed by atoms with Gasteiger partial charge in [0, 0.05) is 5.92 Å². The largest absolute Gasteiger partial charge is 0.412 e. The zero-order valence-electron chi connectivity index (χ0n) is 13.2. The van der Waals surface area contributed by atoms with Crippen LogP contribution in [0.1, 0.15) is 58.3 Å². The maximum atomic E-state index is 2.57. The van der Waals surface area contributed by atoms with Crippen LogP contribution in [0.15, 0.2) is 46.6 Å². The average molecular weight is 284 g/mol. The summed E-state index contributed by atoms with van der Waals surface area (Å²) in [7, 11) is 0. The van der Waals surface area contributed by atoms with Crippen molar-refractivity contribution < 1.29 is 5.48 Å². The second-order valence-electron chi connectivity index (χ2n) is 7.38. The summed E-state index contributed by atoms with van der Waals surface area (Å²) in [5, 5.41) is 0. The molecular weight excluding hydrogens is 256 g/mol. The lowest BCUT2D eigenvalue weighted by Gasteiger charge is -2.25. The van der Waals surface area contributed by atoms with Crippen molar-refractivity contribution >= 4 is 0 Å². The summed E-state index contributed by atoms with van der Waals surface area (Å²) < 4.78 is 0. The van der Waals surface area contributed by atoms with Crippen LogP contribution in [0.4, 0.5) is 0 Å². The van der Waals surface area contributed by atoms with Crippen molar-refractivity contribution in [2.24, 2.45) is 17.8 Å². The number of rotatable bonds is 2. The van der Waals surface area contributed by atoms with Crippen LogP contribution in [0.25, 0.3) is 0 Å². The molecule has 0 heterocycles. The number of allylic oxidation sites excluding steroid dienone is 8. The molecule has 0 saturated heterocycles. The van der Waals surface area contributed by atoms with Crippen LogP contribution in [0.3, 0.4) is 0 Å². The Morgan fingerprint density at radius 2 is 2.00 bits per heavy atom. The van der Waals surface area contributed by atoms with Crippen LogP contribution in [-0.2, 0) is 0 Å². The number of hydrogen-bond acceptors (Lipinski definition) is 0. The molecule has 114 valence electrons. The minimum atomic E-state index is 0. The van der Waals surface area contributed by atoms with E-state index in [1.54, 1.807) is 11.1 Å². The maximum Gasteiger partial charge on any atom is 0.00235 e. The lowest BCUT2D eigenvalue weighted by Crippen LogP contribution is -2.09. The molecule has 2 N–H and O–H groups in total. The third kappa shape index (κ3) is 2.81. The smallest absolute Gasteiger partial charge is 0.00235 e. The topological polar surface area (TPSA) is 31.5 Å². The van der Waals surface area contributed by atoms with Gasteiger partial charge in [-0.2, -0.15) is 0 Å². The minimum absolute atomic E-state index is 0. The van der Waals surface area contributed by atoms with Gasteiger partial charge in [-0.25, -0.2) is 0 Å². The van der Waals surface area contributed by atoms with Gasteiger partial charge in [0.2, 0.25) is 0 Å². The van der Waals surface area contributed by atoms with Gasteiger partial charge in [0.1, 0.15) is 0 Å². The molecule has 1 heteroatoms. The molecule has 0 radical (unpaired) electrons. The van der Waals surface area contributed by atoms with E-state index in [-0.39, 0.29) is 5.48 Å². The second-order valence-corrected chi connectivity index (χ2v) is 7.38. The lowest BCUT2D eigenvalue weighted by atomic mass is 9.81. The first-order valence-electron chi connectivity index (χ1n) is 8.59. The summed E-state index contributed by atoms with van der Waals surface area (Å²) in [6.45, 7) is 2.43. The van der Waals surface area contributed by atoms with Gasteiger partial charge in [-0.1, -0.05) is 47.9 Å². The summed E-state index contributed by atoms with van der Waals surface area (Å²) >= 11 is 0. The van der Waals surface area contributed by atoms with Gasteiger partial charge in [0.15, 0.2) is 0 Å². The van der Waals surface area contributed by atoms with Crippen molar-refractivity contribution in [2.75, 3.05) is 0 Å². The highest BCUT2D eigenvalue weighted by atomic mass is 16.0. The highest BCUT2D eigenvalue weighted by molar-refractivity contribution is 5.41. The molecule has 0 spiro atoms. The Kier molecular flexibility index (Phi) is 4.21. The fraction of sp³-hybridized carbons (Fsp3) is 0.600. The molecule has 0 bridgehead atoms. The first-order valence-corrected chi connectivity index (χ1v) is 8.59. The van der Waals surface area contributed by atoms with Crippen molar-refractivity contribution in [1.82, 2.24) is 0 Å². The SMILES string of the molecule is C[C@@H]1CCC2=C(CCC2CC2=CC3CCC=C3C=C2)C1.O. The Hall–Kier alpha value is -1.08. The van der Waals surface area contributed by atoms with Gasteiger partial charge in [-0.3, -0.25) is 0 Å². The Bertz CT molecular complexity index is 532. The molecular formula is C20H28O. The van der Waals surface area contributed by atoms with Crippen LogP contribution in [0.5, 0.6) is 0 Å². The normalized spacial score (nSPS) is 34.0. The van der Waals surface area contributed by atoms with Gasteiger partial charge in [-0.05, 0) is 68.8 Å². The predicted molar refractivity (Wildman–Crippen MR) is 89.0 cm³/mol. The van der Waals surface area contributed by atoms with Crippen molar-refractivity contribution in [3.8, 4) is 0 Å². The van der Waals surface area contributed by atoms with Crippen LogP contribution in [0.2, 0.25) is 0 Å². The van der Waals surface area contributed by atoms with Crippen LogP contribution >= 0.6 is 0 Å². The van der Waals surface area contributed by atoms with Gasteiger partial charge in [0.25, 0.3) is 0 Å². The van der Waals surface area contributed by atoms with Crippen LogP contribution in [0, 0.1) is 17.8 Å².